The second-order valence-corrected chi connectivity index (χ2v) is 6.78. The van der Waals surface area contributed by atoms with E-state index < -0.39 is 0 Å². The molecule has 4 heteroatoms. The summed E-state index contributed by atoms with van der Waals surface area (Å²) in [6.07, 6.45) is 6.51. The third kappa shape index (κ3) is 6.16. The molecule has 0 atom stereocenters. The van der Waals surface area contributed by atoms with Gasteiger partial charge in [-0.3, -0.25) is 4.90 Å². The van der Waals surface area contributed by atoms with E-state index in [1.54, 1.807) is 0 Å². The number of rotatable bonds is 9. The molecule has 4 nitrogen and oxygen atoms in total. The van der Waals surface area contributed by atoms with Gasteiger partial charge < -0.3 is 10.6 Å². The van der Waals surface area contributed by atoms with Gasteiger partial charge in [-0.25, -0.2) is 4.79 Å². The van der Waals surface area contributed by atoms with Crippen LogP contribution in [0.5, 0.6) is 0 Å². The van der Waals surface area contributed by atoms with Crippen molar-refractivity contribution in [1.29, 1.82) is 0 Å². The van der Waals surface area contributed by atoms with Crippen molar-refractivity contribution in [3.8, 4) is 0 Å². The Kier molecular flexibility index (Phi) is 8.10. The summed E-state index contributed by atoms with van der Waals surface area (Å²) in [5, 5.41) is 6.01. The molecule has 1 aromatic carbocycles. The van der Waals surface area contributed by atoms with Crippen molar-refractivity contribution in [2.75, 3.05) is 19.6 Å². The average Bonchev–Trinajstić information content (AvgIpc) is 3.12. The van der Waals surface area contributed by atoms with E-state index in [0.29, 0.717) is 6.54 Å². The predicted molar refractivity (Wildman–Crippen MR) is 99.9 cm³/mol. The zero-order chi connectivity index (χ0) is 17.2. The first kappa shape index (κ1) is 18.8. The van der Waals surface area contributed by atoms with E-state index in [2.05, 4.69) is 47.6 Å². The molecule has 1 aliphatic rings. The van der Waals surface area contributed by atoms with Crippen LogP contribution in [-0.4, -0.2) is 30.6 Å². The lowest BCUT2D eigenvalue weighted by Gasteiger charge is -2.20. The maximum atomic E-state index is 12.0. The Balaban J connectivity index is 1.75. The Labute approximate surface area is 147 Å². The molecule has 2 rings (SSSR count). The van der Waals surface area contributed by atoms with Crippen LogP contribution in [0.4, 0.5) is 4.79 Å². The van der Waals surface area contributed by atoms with Gasteiger partial charge in [0, 0.05) is 19.6 Å². The van der Waals surface area contributed by atoms with E-state index in [1.165, 1.54) is 36.8 Å². The standard InChI is InChI=1S/C20H33N3O/c1-3-23(4-2)16-19-12-8-7-11-18(19)15-22-20(24)21-14-13-17-9-5-6-10-17/h7-8,11-12,17H,3-6,9-10,13-16H2,1-2H3,(H2,21,22,24). The van der Waals surface area contributed by atoms with Crippen molar-refractivity contribution < 1.29 is 4.79 Å². The zero-order valence-electron chi connectivity index (χ0n) is 15.3. The second kappa shape index (κ2) is 10.3. The van der Waals surface area contributed by atoms with Gasteiger partial charge in [-0.1, -0.05) is 63.8 Å². The number of hydrogen-bond acceptors (Lipinski definition) is 2. The number of nitrogens with one attached hydrogen (secondary N) is 2. The largest absolute Gasteiger partial charge is 0.338 e. The minimum absolute atomic E-state index is 0.0503. The number of benzene rings is 1. The van der Waals surface area contributed by atoms with Gasteiger partial charge in [0.15, 0.2) is 0 Å². The summed E-state index contributed by atoms with van der Waals surface area (Å²) in [6, 6.07) is 8.33. The van der Waals surface area contributed by atoms with Gasteiger partial charge in [0.25, 0.3) is 0 Å². The molecule has 2 amide bonds. The summed E-state index contributed by atoms with van der Waals surface area (Å²) in [7, 11) is 0. The molecule has 0 spiro atoms. The lowest BCUT2D eigenvalue weighted by molar-refractivity contribution is 0.239. The average molecular weight is 332 g/mol. The summed E-state index contributed by atoms with van der Waals surface area (Å²) in [5.74, 6) is 0.820. The minimum atomic E-state index is -0.0503. The SMILES string of the molecule is CCN(CC)Cc1ccccc1CNC(=O)NCCC1CCCC1. The highest BCUT2D eigenvalue weighted by atomic mass is 16.2. The Hall–Kier alpha value is -1.55. The summed E-state index contributed by atoms with van der Waals surface area (Å²) in [4.78, 5) is 14.4. The summed E-state index contributed by atoms with van der Waals surface area (Å²) < 4.78 is 0. The van der Waals surface area contributed by atoms with E-state index >= 15 is 0 Å². The first-order chi connectivity index (χ1) is 11.7. The molecule has 2 N–H and O–H groups in total. The Bertz CT molecular complexity index is 493. The van der Waals surface area contributed by atoms with Crippen LogP contribution in [0.2, 0.25) is 0 Å². The molecule has 0 heterocycles. The van der Waals surface area contributed by atoms with E-state index in [0.717, 1.165) is 38.5 Å². The second-order valence-electron chi connectivity index (χ2n) is 6.78. The highest BCUT2D eigenvalue weighted by Crippen LogP contribution is 2.26. The van der Waals surface area contributed by atoms with Crippen LogP contribution < -0.4 is 10.6 Å². The first-order valence-corrected chi connectivity index (χ1v) is 9.53. The van der Waals surface area contributed by atoms with Crippen molar-refractivity contribution >= 4 is 6.03 Å². The van der Waals surface area contributed by atoms with Gasteiger partial charge in [-0.05, 0) is 36.6 Å². The quantitative estimate of drug-likeness (QED) is 0.720. The van der Waals surface area contributed by atoms with Crippen molar-refractivity contribution in [2.45, 2.75) is 59.0 Å². The molecule has 134 valence electrons. The lowest BCUT2D eigenvalue weighted by atomic mass is 10.0. The molecular formula is C20H33N3O. The smallest absolute Gasteiger partial charge is 0.315 e. The van der Waals surface area contributed by atoms with Crippen LogP contribution in [0.3, 0.4) is 0 Å². The number of carbonyl (C=O) groups is 1. The number of urea groups is 1. The van der Waals surface area contributed by atoms with Crippen molar-refractivity contribution in [3.63, 3.8) is 0 Å². The normalized spacial score (nSPS) is 15.0. The molecule has 0 bridgehead atoms. The molecular weight excluding hydrogens is 298 g/mol. The van der Waals surface area contributed by atoms with Crippen molar-refractivity contribution in [3.05, 3.63) is 35.4 Å². The van der Waals surface area contributed by atoms with Crippen molar-refractivity contribution in [1.82, 2.24) is 15.5 Å². The van der Waals surface area contributed by atoms with Crippen LogP contribution in [-0.2, 0) is 13.1 Å². The number of carbonyl (C=O) groups excluding carboxylic acids is 1. The third-order valence-corrected chi connectivity index (χ3v) is 5.16. The molecule has 1 aliphatic carbocycles. The Morgan fingerprint density at radius 1 is 1.08 bits per heavy atom. The molecule has 1 aromatic rings. The number of amides is 2. The molecule has 1 fully saturated rings. The maximum absolute atomic E-state index is 12.0. The Morgan fingerprint density at radius 3 is 2.42 bits per heavy atom. The van der Waals surface area contributed by atoms with E-state index in [4.69, 9.17) is 0 Å². The van der Waals surface area contributed by atoms with E-state index in [9.17, 15) is 4.79 Å². The first-order valence-electron chi connectivity index (χ1n) is 9.53. The topological polar surface area (TPSA) is 44.4 Å². The maximum Gasteiger partial charge on any atom is 0.315 e. The molecule has 0 aromatic heterocycles. The fourth-order valence-corrected chi connectivity index (χ4v) is 3.50. The van der Waals surface area contributed by atoms with Crippen LogP contribution >= 0.6 is 0 Å². The van der Waals surface area contributed by atoms with Gasteiger partial charge in [-0.2, -0.15) is 0 Å². The molecule has 0 radical (unpaired) electrons. The molecule has 0 saturated heterocycles. The highest BCUT2D eigenvalue weighted by Gasteiger charge is 2.14. The van der Waals surface area contributed by atoms with Crippen LogP contribution in [0.15, 0.2) is 24.3 Å². The molecule has 0 unspecified atom stereocenters. The predicted octanol–water partition coefficient (Wildman–Crippen LogP) is 3.91. The number of hydrogen-bond donors (Lipinski definition) is 2. The van der Waals surface area contributed by atoms with Gasteiger partial charge >= 0.3 is 6.03 Å². The monoisotopic (exact) mass is 331 g/mol. The summed E-state index contributed by atoms with van der Waals surface area (Å²) >= 11 is 0. The highest BCUT2D eigenvalue weighted by molar-refractivity contribution is 5.73. The Morgan fingerprint density at radius 2 is 1.75 bits per heavy atom. The van der Waals surface area contributed by atoms with Crippen molar-refractivity contribution in [2.24, 2.45) is 5.92 Å². The summed E-state index contributed by atoms with van der Waals surface area (Å²) in [5.41, 5.74) is 2.50. The van der Waals surface area contributed by atoms with Crippen LogP contribution in [0.1, 0.15) is 57.1 Å². The van der Waals surface area contributed by atoms with Gasteiger partial charge in [0.2, 0.25) is 0 Å². The zero-order valence-corrected chi connectivity index (χ0v) is 15.3. The number of nitrogens with zero attached hydrogens (tertiary/aromatic N) is 1. The van der Waals surface area contributed by atoms with E-state index in [1.807, 2.05) is 6.07 Å². The van der Waals surface area contributed by atoms with Gasteiger partial charge in [-0.15, -0.1) is 0 Å². The van der Waals surface area contributed by atoms with Crippen LogP contribution in [0, 0.1) is 5.92 Å². The fraction of sp³-hybridized carbons (Fsp3) is 0.650. The van der Waals surface area contributed by atoms with Gasteiger partial charge in [0.1, 0.15) is 0 Å². The lowest BCUT2D eigenvalue weighted by Crippen LogP contribution is -2.36. The molecule has 1 saturated carbocycles. The fourth-order valence-electron chi connectivity index (χ4n) is 3.50. The summed E-state index contributed by atoms with van der Waals surface area (Å²) in [6.45, 7) is 8.77. The molecule has 0 aliphatic heterocycles. The van der Waals surface area contributed by atoms with Crippen LogP contribution in [0.25, 0.3) is 0 Å². The van der Waals surface area contributed by atoms with E-state index in [-0.39, 0.29) is 6.03 Å². The van der Waals surface area contributed by atoms with Gasteiger partial charge in [0.05, 0.1) is 0 Å². The third-order valence-electron chi connectivity index (χ3n) is 5.16. The minimum Gasteiger partial charge on any atom is -0.338 e. The molecule has 24 heavy (non-hydrogen) atoms.